The van der Waals surface area contributed by atoms with Gasteiger partial charge in [-0.2, -0.15) is 0 Å². The molecule has 0 radical (unpaired) electrons. The second-order valence-corrected chi connectivity index (χ2v) is 5.02. The molecule has 1 saturated heterocycles. The molecule has 110 valence electrons. The molecule has 1 fully saturated rings. The van der Waals surface area contributed by atoms with E-state index >= 15 is 0 Å². The normalized spacial score (nSPS) is 22.5. The molecule has 2 rings (SSSR count). The van der Waals surface area contributed by atoms with Crippen LogP contribution >= 0.6 is 0 Å². The molecular weight excluding hydrogens is 258 g/mol. The van der Waals surface area contributed by atoms with Gasteiger partial charge < -0.3 is 19.1 Å². The molecular formula is C15H21NO4. The third-order valence-electron chi connectivity index (χ3n) is 3.50. The number of ether oxygens (including phenoxy) is 3. The van der Waals surface area contributed by atoms with Crippen molar-refractivity contribution >= 4 is 5.91 Å². The summed E-state index contributed by atoms with van der Waals surface area (Å²) in [5.41, 5.74) is 0.601. The maximum absolute atomic E-state index is 12.6. The van der Waals surface area contributed by atoms with E-state index in [-0.39, 0.29) is 18.1 Å². The lowest BCUT2D eigenvalue weighted by molar-refractivity contribution is -0.0387. The lowest BCUT2D eigenvalue weighted by atomic mass is 10.1. The van der Waals surface area contributed by atoms with Crippen LogP contribution in [-0.4, -0.2) is 50.3 Å². The highest BCUT2D eigenvalue weighted by Gasteiger charge is 2.28. The molecule has 0 aliphatic carbocycles. The highest BCUT2D eigenvalue weighted by molar-refractivity contribution is 5.95. The van der Waals surface area contributed by atoms with Crippen LogP contribution in [0.15, 0.2) is 18.2 Å². The largest absolute Gasteiger partial charge is 0.493 e. The first-order valence-corrected chi connectivity index (χ1v) is 6.71. The molecule has 0 N–H and O–H groups in total. The lowest BCUT2D eigenvalue weighted by Crippen LogP contribution is -2.50. The average Bonchev–Trinajstić information content (AvgIpc) is 2.48. The van der Waals surface area contributed by atoms with Crippen LogP contribution in [0.5, 0.6) is 11.5 Å². The number of nitrogens with zero attached hydrogens (tertiary/aromatic N) is 1. The van der Waals surface area contributed by atoms with Gasteiger partial charge in [-0.1, -0.05) is 0 Å². The van der Waals surface area contributed by atoms with Crippen molar-refractivity contribution in [1.29, 1.82) is 0 Å². The summed E-state index contributed by atoms with van der Waals surface area (Å²) in [7, 11) is 3.14. The molecule has 1 aromatic carbocycles. The number of carbonyl (C=O) groups excluding carboxylic acids is 1. The van der Waals surface area contributed by atoms with E-state index in [2.05, 4.69) is 0 Å². The molecule has 1 aromatic rings. The van der Waals surface area contributed by atoms with E-state index in [1.54, 1.807) is 32.4 Å². The molecule has 2 atom stereocenters. The summed E-state index contributed by atoms with van der Waals surface area (Å²) in [6.45, 7) is 5.14. The molecule has 1 amide bonds. The standard InChI is InChI=1S/C15H21NO4/c1-10-9-20-11(2)8-16(10)15(17)12-5-6-13(18-3)14(7-12)19-4/h5-7,10-11H,8-9H2,1-4H3. The third kappa shape index (κ3) is 2.88. The average molecular weight is 279 g/mol. The molecule has 1 heterocycles. The van der Waals surface area contributed by atoms with Crippen molar-refractivity contribution in [2.24, 2.45) is 0 Å². The van der Waals surface area contributed by atoms with Crippen LogP contribution in [0.25, 0.3) is 0 Å². The van der Waals surface area contributed by atoms with Crippen molar-refractivity contribution in [2.45, 2.75) is 26.0 Å². The highest BCUT2D eigenvalue weighted by atomic mass is 16.5. The molecule has 0 aromatic heterocycles. The molecule has 1 aliphatic rings. The Hall–Kier alpha value is -1.75. The predicted octanol–water partition coefficient (Wildman–Crippen LogP) is 1.95. The zero-order chi connectivity index (χ0) is 14.7. The summed E-state index contributed by atoms with van der Waals surface area (Å²) in [5.74, 6) is 1.17. The number of methoxy groups -OCH3 is 2. The van der Waals surface area contributed by atoms with E-state index in [4.69, 9.17) is 14.2 Å². The summed E-state index contributed by atoms with van der Waals surface area (Å²) in [4.78, 5) is 14.4. The van der Waals surface area contributed by atoms with Crippen LogP contribution in [0, 0.1) is 0 Å². The van der Waals surface area contributed by atoms with Crippen LogP contribution in [0.4, 0.5) is 0 Å². The van der Waals surface area contributed by atoms with Crippen LogP contribution in [0.3, 0.4) is 0 Å². The number of amides is 1. The van der Waals surface area contributed by atoms with Gasteiger partial charge in [0.15, 0.2) is 11.5 Å². The van der Waals surface area contributed by atoms with Crippen molar-refractivity contribution in [2.75, 3.05) is 27.4 Å². The third-order valence-corrected chi connectivity index (χ3v) is 3.50. The van der Waals surface area contributed by atoms with E-state index in [0.29, 0.717) is 30.2 Å². The summed E-state index contributed by atoms with van der Waals surface area (Å²) in [6, 6.07) is 5.30. The SMILES string of the molecule is COc1ccc(C(=O)N2CC(C)OCC2C)cc1OC. The topological polar surface area (TPSA) is 48.0 Å². The van der Waals surface area contributed by atoms with Gasteiger partial charge >= 0.3 is 0 Å². The van der Waals surface area contributed by atoms with E-state index in [0.717, 1.165) is 0 Å². The monoisotopic (exact) mass is 279 g/mol. The van der Waals surface area contributed by atoms with Crippen molar-refractivity contribution in [3.05, 3.63) is 23.8 Å². The Balaban J connectivity index is 2.24. The number of carbonyl (C=O) groups is 1. The quantitative estimate of drug-likeness (QED) is 0.848. The van der Waals surface area contributed by atoms with Crippen LogP contribution in [0.2, 0.25) is 0 Å². The second-order valence-electron chi connectivity index (χ2n) is 5.02. The summed E-state index contributed by atoms with van der Waals surface area (Å²) >= 11 is 0. The van der Waals surface area contributed by atoms with Crippen molar-refractivity contribution in [3.8, 4) is 11.5 Å². The molecule has 5 heteroatoms. The maximum Gasteiger partial charge on any atom is 0.254 e. The number of benzene rings is 1. The fourth-order valence-corrected chi connectivity index (χ4v) is 2.32. The summed E-state index contributed by atoms with van der Waals surface area (Å²) in [6.07, 6.45) is 0.0651. The zero-order valence-corrected chi connectivity index (χ0v) is 12.4. The van der Waals surface area contributed by atoms with Crippen LogP contribution in [0.1, 0.15) is 24.2 Å². The van der Waals surface area contributed by atoms with Crippen molar-refractivity contribution < 1.29 is 19.0 Å². The molecule has 1 aliphatic heterocycles. The number of morpholine rings is 1. The van der Waals surface area contributed by atoms with Gasteiger partial charge in [0.1, 0.15) is 0 Å². The number of hydrogen-bond acceptors (Lipinski definition) is 4. The van der Waals surface area contributed by atoms with Crippen LogP contribution < -0.4 is 9.47 Å². The molecule has 0 saturated carbocycles. The van der Waals surface area contributed by atoms with Gasteiger partial charge in [-0.05, 0) is 32.0 Å². The molecule has 20 heavy (non-hydrogen) atoms. The van der Waals surface area contributed by atoms with Gasteiger partial charge in [-0.15, -0.1) is 0 Å². The van der Waals surface area contributed by atoms with E-state index in [9.17, 15) is 4.79 Å². The van der Waals surface area contributed by atoms with Crippen LogP contribution in [-0.2, 0) is 4.74 Å². The van der Waals surface area contributed by atoms with Gasteiger partial charge in [0.05, 0.1) is 33.0 Å². The fraction of sp³-hybridized carbons (Fsp3) is 0.533. The smallest absolute Gasteiger partial charge is 0.254 e. The minimum absolute atomic E-state index is 0.00592. The fourth-order valence-electron chi connectivity index (χ4n) is 2.32. The van der Waals surface area contributed by atoms with Crippen molar-refractivity contribution in [1.82, 2.24) is 4.90 Å². The van der Waals surface area contributed by atoms with Gasteiger partial charge in [-0.3, -0.25) is 4.79 Å². The van der Waals surface area contributed by atoms with Gasteiger partial charge in [0, 0.05) is 12.1 Å². The van der Waals surface area contributed by atoms with Crippen molar-refractivity contribution in [3.63, 3.8) is 0 Å². The van der Waals surface area contributed by atoms with E-state index in [1.165, 1.54) is 0 Å². The van der Waals surface area contributed by atoms with Gasteiger partial charge in [-0.25, -0.2) is 0 Å². The Morgan fingerprint density at radius 1 is 1.25 bits per heavy atom. The first-order chi connectivity index (χ1) is 9.56. The molecule has 0 spiro atoms. The minimum Gasteiger partial charge on any atom is -0.493 e. The molecule has 0 bridgehead atoms. The Labute approximate surface area is 119 Å². The predicted molar refractivity (Wildman–Crippen MR) is 75.5 cm³/mol. The summed E-state index contributed by atoms with van der Waals surface area (Å²) < 4.78 is 16.0. The Kier molecular flexibility index (Phi) is 4.49. The Morgan fingerprint density at radius 3 is 2.60 bits per heavy atom. The Morgan fingerprint density at radius 2 is 1.95 bits per heavy atom. The first kappa shape index (κ1) is 14.7. The zero-order valence-electron chi connectivity index (χ0n) is 12.4. The van der Waals surface area contributed by atoms with Gasteiger partial charge in [0.25, 0.3) is 5.91 Å². The number of hydrogen-bond donors (Lipinski definition) is 0. The lowest BCUT2D eigenvalue weighted by Gasteiger charge is -2.36. The summed E-state index contributed by atoms with van der Waals surface area (Å²) in [5, 5.41) is 0. The molecule has 5 nitrogen and oxygen atoms in total. The molecule has 2 unspecified atom stereocenters. The number of rotatable bonds is 3. The maximum atomic E-state index is 12.6. The first-order valence-electron chi connectivity index (χ1n) is 6.71. The second kappa shape index (κ2) is 6.13. The minimum atomic E-state index is -0.00592. The Bertz CT molecular complexity index is 489. The van der Waals surface area contributed by atoms with E-state index < -0.39 is 0 Å². The van der Waals surface area contributed by atoms with E-state index in [1.807, 2.05) is 18.7 Å². The van der Waals surface area contributed by atoms with Gasteiger partial charge in [0.2, 0.25) is 0 Å². The highest BCUT2D eigenvalue weighted by Crippen LogP contribution is 2.28.